The molecule has 0 bridgehead atoms. The molecule has 1 nitrogen and oxygen atoms in total. The van der Waals surface area contributed by atoms with Gasteiger partial charge in [0.05, 0.1) is 11.1 Å². The van der Waals surface area contributed by atoms with E-state index in [-0.39, 0.29) is 16.7 Å². The van der Waals surface area contributed by atoms with Crippen molar-refractivity contribution in [2.75, 3.05) is 4.90 Å². The van der Waals surface area contributed by atoms with Crippen LogP contribution in [0.4, 0.5) is 5.69 Å². The van der Waals surface area contributed by atoms with E-state index in [0.29, 0.717) is 11.8 Å². The highest BCUT2D eigenvalue weighted by Gasteiger charge is 2.57. The Morgan fingerprint density at radius 1 is 0.690 bits per heavy atom. The number of rotatable bonds is 1. The molecule has 0 saturated heterocycles. The standard InChI is InChI=1S/C41H35N/c1-26-13-12-22-38-39(26)40(2,3)36-20-10-11-21-37(36)42(38)27-23-24-35-31(25-27)30-16-6-9-19-34(30)41(35)32-17-7-4-14-28(32)29-15-5-8-18-33(29)41/h4-12,14-26,31,35H,13H2,1-3H3. The molecule has 4 aliphatic carbocycles. The fourth-order valence-corrected chi connectivity index (χ4v) is 9.48. The van der Waals surface area contributed by atoms with Gasteiger partial charge in [-0.2, -0.15) is 0 Å². The van der Waals surface area contributed by atoms with Gasteiger partial charge in [-0.05, 0) is 75.1 Å². The number of nitrogens with zero attached hydrogens (tertiary/aromatic N) is 1. The number of hydrogen-bond donors (Lipinski definition) is 0. The van der Waals surface area contributed by atoms with E-state index in [1.54, 1.807) is 5.57 Å². The second kappa shape index (κ2) is 8.35. The molecule has 1 aliphatic heterocycles. The molecular weight excluding hydrogens is 506 g/mol. The first-order valence-corrected chi connectivity index (χ1v) is 15.5. The van der Waals surface area contributed by atoms with Gasteiger partial charge in [-0.15, -0.1) is 0 Å². The Labute approximate surface area is 249 Å². The van der Waals surface area contributed by atoms with E-state index in [2.05, 4.69) is 153 Å². The molecule has 42 heavy (non-hydrogen) atoms. The Morgan fingerprint density at radius 2 is 1.31 bits per heavy atom. The molecule has 0 N–H and O–H groups in total. The van der Waals surface area contributed by atoms with Crippen molar-refractivity contribution in [3.63, 3.8) is 0 Å². The molecule has 3 unspecified atom stereocenters. The van der Waals surface area contributed by atoms with Crippen molar-refractivity contribution in [2.24, 2.45) is 11.8 Å². The molecule has 0 saturated carbocycles. The Kier molecular flexibility index (Phi) is 4.83. The van der Waals surface area contributed by atoms with E-state index in [1.165, 1.54) is 56.0 Å². The average Bonchev–Trinajstić information content (AvgIpc) is 3.48. The van der Waals surface area contributed by atoms with Crippen molar-refractivity contribution in [1.82, 2.24) is 0 Å². The van der Waals surface area contributed by atoms with Gasteiger partial charge in [0.1, 0.15) is 0 Å². The summed E-state index contributed by atoms with van der Waals surface area (Å²) >= 11 is 0. The monoisotopic (exact) mass is 541 g/mol. The number of anilines is 1. The Morgan fingerprint density at radius 3 is 2.05 bits per heavy atom. The molecule has 5 aliphatic rings. The van der Waals surface area contributed by atoms with Crippen molar-refractivity contribution >= 4 is 5.69 Å². The van der Waals surface area contributed by atoms with Crippen LogP contribution < -0.4 is 4.90 Å². The molecular formula is C41H35N. The van der Waals surface area contributed by atoms with E-state index in [9.17, 15) is 0 Å². The summed E-state index contributed by atoms with van der Waals surface area (Å²) in [6.45, 7) is 7.24. The van der Waals surface area contributed by atoms with Gasteiger partial charge in [-0.1, -0.05) is 130 Å². The fraction of sp³-hybridized carbons (Fsp3) is 0.220. The second-order valence-electron chi connectivity index (χ2n) is 13.3. The first kappa shape index (κ1) is 24.3. The summed E-state index contributed by atoms with van der Waals surface area (Å²) in [6, 6.07) is 36.6. The Bertz CT molecular complexity index is 1880. The van der Waals surface area contributed by atoms with Crippen LogP contribution >= 0.6 is 0 Å². The minimum Gasteiger partial charge on any atom is -0.311 e. The molecule has 9 rings (SSSR count). The van der Waals surface area contributed by atoms with Crippen LogP contribution in [0, 0.1) is 11.8 Å². The highest BCUT2D eigenvalue weighted by Crippen LogP contribution is 2.65. The van der Waals surface area contributed by atoms with E-state index in [4.69, 9.17) is 0 Å². The average molecular weight is 542 g/mol. The molecule has 1 heteroatoms. The summed E-state index contributed by atoms with van der Waals surface area (Å²) in [4.78, 5) is 2.57. The molecule has 3 atom stereocenters. The zero-order valence-corrected chi connectivity index (χ0v) is 24.5. The smallest absolute Gasteiger partial charge is 0.0537 e. The summed E-state index contributed by atoms with van der Waals surface area (Å²) in [6.07, 6.45) is 13.5. The largest absolute Gasteiger partial charge is 0.311 e. The zero-order valence-electron chi connectivity index (χ0n) is 24.5. The molecule has 0 amide bonds. The maximum Gasteiger partial charge on any atom is 0.0537 e. The molecule has 0 fully saturated rings. The van der Waals surface area contributed by atoms with Gasteiger partial charge in [0.15, 0.2) is 0 Å². The summed E-state index contributed by atoms with van der Waals surface area (Å²) in [5, 5.41) is 0. The molecule has 0 aromatic heterocycles. The lowest BCUT2D eigenvalue weighted by molar-refractivity contribution is 0.462. The number of para-hydroxylation sites is 1. The third-order valence-electron chi connectivity index (χ3n) is 11.0. The van der Waals surface area contributed by atoms with E-state index in [1.807, 2.05) is 0 Å². The van der Waals surface area contributed by atoms with Crippen LogP contribution in [0.15, 0.2) is 144 Å². The lowest BCUT2D eigenvalue weighted by Crippen LogP contribution is -2.39. The second-order valence-corrected chi connectivity index (χ2v) is 13.3. The summed E-state index contributed by atoms with van der Waals surface area (Å²) < 4.78 is 0. The summed E-state index contributed by atoms with van der Waals surface area (Å²) in [5.74, 6) is 1.12. The van der Waals surface area contributed by atoms with Gasteiger partial charge >= 0.3 is 0 Å². The SMILES string of the molecule is CC1CC=CC2=C1C(C)(C)c1ccccc1N2C1=CC2c3ccccc3C3(c4ccccc4-c4ccccc43)C2C=C1. The first-order chi connectivity index (χ1) is 20.5. The molecule has 204 valence electrons. The van der Waals surface area contributed by atoms with Crippen LogP contribution in [0.25, 0.3) is 11.1 Å². The van der Waals surface area contributed by atoms with Gasteiger partial charge in [0.25, 0.3) is 0 Å². The highest BCUT2D eigenvalue weighted by atomic mass is 15.2. The van der Waals surface area contributed by atoms with E-state index < -0.39 is 0 Å². The van der Waals surface area contributed by atoms with Gasteiger partial charge in [0, 0.05) is 28.6 Å². The van der Waals surface area contributed by atoms with Gasteiger partial charge in [-0.3, -0.25) is 0 Å². The van der Waals surface area contributed by atoms with Crippen LogP contribution in [0.2, 0.25) is 0 Å². The van der Waals surface area contributed by atoms with Gasteiger partial charge < -0.3 is 4.90 Å². The van der Waals surface area contributed by atoms with Crippen LogP contribution in [0.1, 0.15) is 60.9 Å². The third-order valence-corrected chi connectivity index (χ3v) is 11.0. The van der Waals surface area contributed by atoms with Crippen LogP contribution in [-0.4, -0.2) is 0 Å². The molecule has 0 radical (unpaired) electrons. The molecule has 4 aromatic carbocycles. The van der Waals surface area contributed by atoms with Crippen LogP contribution in [0.3, 0.4) is 0 Å². The predicted octanol–water partition coefficient (Wildman–Crippen LogP) is 9.82. The summed E-state index contributed by atoms with van der Waals surface area (Å²) in [5.41, 5.74) is 15.4. The number of allylic oxidation sites excluding steroid dienone is 6. The van der Waals surface area contributed by atoms with Crippen molar-refractivity contribution in [3.05, 3.63) is 172 Å². The van der Waals surface area contributed by atoms with Crippen molar-refractivity contribution in [2.45, 2.75) is 43.9 Å². The van der Waals surface area contributed by atoms with Crippen LogP contribution in [-0.2, 0) is 10.8 Å². The topological polar surface area (TPSA) is 3.24 Å². The molecule has 1 heterocycles. The zero-order chi connectivity index (χ0) is 28.2. The highest BCUT2D eigenvalue weighted by molar-refractivity contribution is 5.86. The van der Waals surface area contributed by atoms with Crippen molar-refractivity contribution < 1.29 is 0 Å². The van der Waals surface area contributed by atoms with Crippen LogP contribution in [0.5, 0.6) is 0 Å². The molecule has 1 spiro atoms. The Hall–Kier alpha value is -4.36. The third kappa shape index (κ3) is 2.84. The summed E-state index contributed by atoms with van der Waals surface area (Å²) in [7, 11) is 0. The minimum atomic E-state index is -0.182. The maximum atomic E-state index is 2.59. The van der Waals surface area contributed by atoms with Gasteiger partial charge in [-0.25, -0.2) is 0 Å². The van der Waals surface area contributed by atoms with Crippen molar-refractivity contribution in [3.8, 4) is 11.1 Å². The van der Waals surface area contributed by atoms with E-state index in [0.717, 1.165) is 6.42 Å². The maximum absolute atomic E-state index is 2.59. The number of benzene rings is 4. The normalized spacial score (nSPS) is 24.9. The quantitative estimate of drug-likeness (QED) is 0.232. The fourth-order valence-electron chi connectivity index (χ4n) is 9.48. The van der Waals surface area contributed by atoms with Crippen molar-refractivity contribution in [1.29, 1.82) is 0 Å². The lowest BCUT2D eigenvalue weighted by Gasteiger charge is -2.47. The number of fused-ring (bicyclic) bond motifs is 11. The predicted molar refractivity (Wildman–Crippen MR) is 174 cm³/mol. The van der Waals surface area contributed by atoms with E-state index >= 15 is 0 Å². The Balaban J connectivity index is 1.28. The minimum absolute atomic E-state index is 0.00460. The lowest BCUT2D eigenvalue weighted by atomic mass is 9.65. The number of hydrogen-bond acceptors (Lipinski definition) is 1. The van der Waals surface area contributed by atoms with Gasteiger partial charge in [0.2, 0.25) is 0 Å². The first-order valence-electron chi connectivity index (χ1n) is 15.5. The molecule has 4 aromatic rings.